The molecule has 6 N–H and O–H groups in total. The molecule has 3 rings (SSSR count). The van der Waals surface area contributed by atoms with Crippen LogP contribution < -0.4 is 21.6 Å². The van der Waals surface area contributed by atoms with E-state index in [9.17, 15) is 33.4 Å². The first-order valence-corrected chi connectivity index (χ1v) is 14.9. The topological polar surface area (TPSA) is 222 Å². The lowest BCUT2D eigenvalue weighted by atomic mass is 10.1. The van der Waals surface area contributed by atoms with Crippen LogP contribution >= 0.6 is 39.5 Å². The van der Waals surface area contributed by atoms with Crippen molar-refractivity contribution in [2.75, 3.05) is 36.1 Å². The average Bonchev–Trinajstić information content (AvgIpc) is 3.37. The molecule has 0 aliphatic carbocycles. The molecule has 0 saturated carbocycles. The molecular formula is C18H27Br2F2N8O8P. The number of rotatable bonds is 12. The third-order valence-electron chi connectivity index (χ3n) is 5.11. The Labute approximate surface area is 236 Å². The SMILES string of the molecule is Cn1c(COP(=O)(NCCBr)NCCBr)cnc1[N+](=O)[O-].Nc1ccn([C@@H]2O[C@H](CO)[C@@H](O)C2(F)F)c(=O)n1. The van der Waals surface area contributed by atoms with E-state index in [1.54, 1.807) is 0 Å². The normalized spacial score (nSPS) is 20.4. The zero-order chi connectivity index (χ0) is 29.4. The second kappa shape index (κ2) is 14.6. The number of nitrogens with zero attached hydrogens (tertiary/aromatic N) is 5. The van der Waals surface area contributed by atoms with E-state index < -0.39 is 49.2 Å². The van der Waals surface area contributed by atoms with Crippen LogP contribution in [0.25, 0.3) is 0 Å². The van der Waals surface area contributed by atoms with Crippen molar-refractivity contribution in [1.82, 2.24) is 29.3 Å². The van der Waals surface area contributed by atoms with E-state index in [2.05, 4.69) is 52.0 Å². The monoisotopic (exact) mass is 710 g/mol. The van der Waals surface area contributed by atoms with E-state index in [1.807, 2.05) is 0 Å². The van der Waals surface area contributed by atoms with Gasteiger partial charge in [-0.25, -0.2) is 19.5 Å². The number of aliphatic hydroxyl groups is 2. The standard InChI is InChI=1S/C9H16Br2N5O4P.C9H11F2N3O4/c1-15-8(6-12-9(15)16(17)18)7-20-21(19,13-4-2-10)14-5-3-11;10-9(11)6(16)4(3-15)18-7(9)14-2-1-5(12)13-8(14)17/h6H,2-5,7H2,1H3,(H2,13,14,19);1-2,4,6-7,15-16H,3H2,(H2,12,13,17)/t;4-,6-,7-/m.1/s1. The van der Waals surface area contributed by atoms with Gasteiger partial charge in [0.05, 0.1) is 13.7 Å². The summed E-state index contributed by atoms with van der Waals surface area (Å²) in [5, 5.41) is 35.6. The molecular weight excluding hydrogens is 685 g/mol. The largest absolute Gasteiger partial charge is 0.434 e. The number of nitrogens with two attached hydrogens (primary N) is 1. The van der Waals surface area contributed by atoms with Crippen molar-refractivity contribution in [1.29, 1.82) is 0 Å². The first-order chi connectivity index (χ1) is 18.3. The van der Waals surface area contributed by atoms with Gasteiger partial charge in [-0.15, -0.1) is 0 Å². The molecule has 3 atom stereocenters. The highest BCUT2D eigenvalue weighted by atomic mass is 79.9. The van der Waals surface area contributed by atoms with E-state index in [-0.39, 0.29) is 18.4 Å². The molecule has 16 nitrogen and oxygen atoms in total. The van der Waals surface area contributed by atoms with Crippen LogP contribution in [-0.2, 0) is 27.5 Å². The van der Waals surface area contributed by atoms with Crippen LogP contribution in [0.3, 0.4) is 0 Å². The number of alkyl halides is 4. The number of nitrogen functional groups attached to an aromatic ring is 1. The Morgan fingerprint density at radius 3 is 2.44 bits per heavy atom. The van der Waals surface area contributed by atoms with Crippen LogP contribution in [0, 0.1) is 10.1 Å². The van der Waals surface area contributed by atoms with Crippen LogP contribution in [0.2, 0.25) is 0 Å². The Morgan fingerprint density at radius 2 is 1.97 bits per heavy atom. The maximum absolute atomic E-state index is 13.7. The molecule has 0 unspecified atom stereocenters. The van der Waals surface area contributed by atoms with Crippen molar-refractivity contribution in [2.24, 2.45) is 7.05 Å². The highest BCUT2D eigenvalue weighted by Gasteiger charge is 2.59. The number of halogens is 4. The average molecular weight is 712 g/mol. The molecule has 220 valence electrons. The van der Waals surface area contributed by atoms with E-state index in [1.165, 1.54) is 17.8 Å². The summed E-state index contributed by atoms with van der Waals surface area (Å²) in [5.74, 6) is -4.11. The zero-order valence-corrected chi connectivity index (χ0v) is 24.4. The molecule has 21 heteroatoms. The van der Waals surface area contributed by atoms with Crippen molar-refractivity contribution in [3.05, 3.63) is 44.8 Å². The molecule has 0 aromatic carbocycles. The summed E-state index contributed by atoms with van der Waals surface area (Å²) in [4.78, 5) is 28.5. The fourth-order valence-electron chi connectivity index (χ4n) is 3.14. The predicted octanol–water partition coefficient (Wildman–Crippen LogP) is 0.633. The fraction of sp³-hybridized carbons (Fsp3) is 0.611. The van der Waals surface area contributed by atoms with Crippen LogP contribution in [0.1, 0.15) is 11.9 Å². The Morgan fingerprint density at radius 1 is 1.36 bits per heavy atom. The van der Waals surface area contributed by atoms with E-state index in [0.29, 0.717) is 34.0 Å². The molecule has 1 saturated heterocycles. The second-order valence-electron chi connectivity index (χ2n) is 7.76. The van der Waals surface area contributed by atoms with E-state index in [0.717, 1.165) is 12.3 Å². The number of hydrogen-bond acceptors (Lipinski definition) is 11. The third-order valence-corrected chi connectivity index (χ3v) is 7.68. The van der Waals surface area contributed by atoms with Crippen LogP contribution in [-0.4, -0.2) is 82.7 Å². The molecule has 0 radical (unpaired) electrons. The predicted molar refractivity (Wildman–Crippen MR) is 141 cm³/mol. The number of ether oxygens (including phenoxy) is 1. The minimum atomic E-state index is -3.71. The van der Waals surface area contributed by atoms with Crippen molar-refractivity contribution >= 4 is 51.3 Å². The molecule has 39 heavy (non-hydrogen) atoms. The first-order valence-electron chi connectivity index (χ1n) is 11.0. The lowest BCUT2D eigenvalue weighted by molar-refractivity contribution is -0.396. The van der Waals surface area contributed by atoms with E-state index in [4.69, 9.17) is 20.1 Å². The highest BCUT2D eigenvalue weighted by molar-refractivity contribution is 9.09. The first kappa shape index (κ1) is 33.3. The van der Waals surface area contributed by atoms with Gasteiger partial charge in [-0.05, 0) is 11.0 Å². The van der Waals surface area contributed by atoms with Gasteiger partial charge in [-0.1, -0.05) is 36.8 Å². The minimum absolute atomic E-state index is 0.0564. The molecule has 0 bridgehead atoms. The summed E-state index contributed by atoms with van der Waals surface area (Å²) in [5.41, 5.74) is 4.67. The summed E-state index contributed by atoms with van der Waals surface area (Å²) in [6.07, 6.45) is -3.36. The van der Waals surface area contributed by atoms with Gasteiger partial charge in [-0.2, -0.15) is 13.8 Å². The minimum Gasteiger partial charge on any atom is -0.394 e. The Hall–Kier alpha value is -1.90. The summed E-state index contributed by atoms with van der Waals surface area (Å²) in [6, 6.07) is 1.15. The number of aliphatic hydroxyl groups excluding tert-OH is 2. The van der Waals surface area contributed by atoms with Gasteiger partial charge >= 0.3 is 25.2 Å². The highest BCUT2D eigenvalue weighted by Crippen LogP contribution is 2.42. The summed E-state index contributed by atoms with van der Waals surface area (Å²) in [6.45, 7) is 0.0692. The van der Waals surface area contributed by atoms with Gasteiger partial charge in [0.15, 0.2) is 6.10 Å². The number of anilines is 1. The van der Waals surface area contributed by atoms with Crippen molar-refractivity contribution in [3.8, 4) is 0 Å². The maximum atomic E-state index is 13.7. The quantitative estimate of drug-likeness (QED) is 0.0884. The van der Waals surface area contributed by atoms with Gasteiger partial charge in [0.2, 0.25) is 6.23 Å². The van der Waals surface area contributed by atoms with Crippen LogP contribution in [0.5, 0.6) is 0 Å². The molecule has 2 aromatic heterocycles. The fourth-order valence-corrected chi connectivity index (χ4v) is 5.57. The van der Waals surface area contributed by atoms with E-state index >= 15 is 0 Å². The van der Waals surface area contributed by atoms with Crippen molar-refractivity contribution in [3.63, 3.8) is 0 Å². The molecule has 2 aromatic rings. The third kappa shape index (κ3) is 8.54. The zero-order valence-electron chi connectivity index (χ0n) is 20.3. The van der Waals surface area contributed by atoms with Gasteiger partial charge in [-0.3, -0.25) is 13.7 Å². The smallest absolute Gasteiger partial charge is 0.394 e. The van der Waals surface area contributed by atoms with Gasteiger partial charge < -0.3 is 30.8 Å². The molecule has 1 fully saturated rings. The number of hydrogen-bond donors (Lipinski definition) is 5. The van der Waals surface area contributed by atoms with Gasteiger partial charge in [0, 0.05) is 29.9 Å². The number of aromatic nitrogens is 4. The Bertz CT molecular complexity index is 1210. The molecule has 0 amide bonds. The Kier molecular flexibility index (Phi) is 12.5. The lowest BCUT2D eigenvalue weighted by Crippen LogP contribution is -2.41. The summed E-state index contributed by atoms with van der Waals surface area (Å²) < 4.78 is 51.9. The van der Waals surface area contributed by atoms with Gasteiger partial charge in [0.25, 0.3) is 0 Å². The summed E-state index contributed by atoms with van der Waals surface area (Å²) in [7, 11) is -1.72. The maximum Gasteiger partial charge on any atom is 0.434 e. The molecule has 3 heterocycles. The van der Waals surface area contributed by atoms with Gasteiger partial charge in [0.1, 0.15) is 30.4 Å². The number of imidazole rings is 1. The Balaban J connectivity index is 0.000000276. The lowest BCUT2D eigenvalue weighted by Gasteiger charge is -2.20. The second-order valence-corrected chi connectivity index (χ2v) is 11.3. The number of nitrogens with one attached hydrogen (secondary N) is 2. The molecule has 0 spiro atoms. The van der Waals surface area contributed by atoms with Crippen molar-refractivity contribution in [2.45, 2.75) is 31.0 Å². The molecule has 1 aliphatic heterocycles. The molecule has 1 aliphatic rings. The van der Waals surface area contributed by atoms with Crippen LogP contribution in [0.15, 0.2) is 23.3 Å². The van der Waals surface area contributed by atoms with Crippen molar-refractivity contribution < 1.29 is 37.7 Å². The van der Waals surface area contributed by atoms with Crippen LogP contribution in [0.4, 0.5) is 20.5 Å². The number of nitro groups is 1. The summed E-state index contributed by atoms with van der Waals surface area (Å²) >= 11 is 6.46.